The number of benzene rings is 1. The fourth-order valence-corrected chi connectivity index (χ4v) is 4.54. The molecule has 1 fully saturated rings. The highest BCUT2D eigenvalue weighted by Crippen LogP contribution is 2.27. The highest BCUT2D eigenvalue weighted by atomic mass is 32.2. The van der Waals surface area contributed by atoms with E-state index in [-0.39, 0.29) is 16.4 Å². The van der Waals surface area contributed by atoms with Crippen molar-refractivity contribution in [1.82, 2.24) is 4.31 Å². The Kier molecular flexibility index (Phi) is 4.57. The van der Waals surface area contributed by atoms with E-state index in [9.17, 15) is 13.2 Å². The maximum atomic E-state index is 12.7. The number of nitrogens with zero attached hydrogens (tertiary/aromatic N) is 1. The molecule has 25 heavy (non-hydrogen) atoms. The lowest BCUT2D eigenvalue weighted by Gasteiger charge is -2.14. The molecule has 1 saturated heterocycles. The van der Waals surface area contributed by atoms with Gasteiger partial charge in [0.1, 0.15) is 10.7 Å². The van der Waals surface area contributed by atoms with Gasteiger partial charge in [-0.2, -0.15) is 4.31 Å². The molecule has 0 unspecified atom stereocenters. The Balaban J connectivity index is 1.86. The average molecular weight is 363 g/mol. The third-order valence-corrected chi connectivity index (χ3v) is 6.29. The largest absolute Gasteiger partial charge is 0.455 e. The summed E-state index contributed by atoms with van der Waals surface area (Å²) in [5, 5.41) is 2.71. The second-order valence-corrected chi connectivity index (χ2v) is 8.08. The highest BCUT2D eigenvalue weighted by Gasteiger charge is 2.31. The van der Waals surface area contributed by atoms with Gasteiger partial charge in [-0.3, -0.25) is 4.79 Å². The van der Waals surface area contributed by atoms with Crippen molar-refractivity contribution in [2.24, 2.45) is 0 Å². The normalized spacial score (nSPS) is 15.4. The smallest absolute Gasteiger partial charge is 0.291 e. The van der Waals surface area contributed by atoms with Crippen molar-refractivity contribution in [2.75, 3.05) is 24.1 Å². The molecule has 3 rings (SSSR count). The summed E-state index contributed by atoms with van der Waals surface area (Å²) < 4.78 is 32.2. The van der Waals surface area contributed by atoms with Crippen LogP contribution >= 0.6 is 0 Å². The molecule has 1 amide bonds. The Morgan fingerprint density at radius 1 is 1.20 bits per heavy atom. The first-order valence-electron chi connectivity index (χ1n) is 8.07. The first kappa shape index (κ1) is 17.5. The van der Waals surface area contributed by atoms with Crippen LogP contribution in [0.3, 0.4) is 0 Å². The summed E-state index contributed by atoms with van der Waals surface area (Å²) in [7, 11) is -3.63. The predicted octanol–water partition coefficient (Wildman–Crippen LogP) is 2.52. The van der Waals surface area contributed by atoms with E-state index in [1.165, 1.54) is 10.4 Å². The minimum atomic E-state index is -3.63. The number of rotatable bonds is 4. The first-order chi connectivity index (χ1) is 11.8. The van der Waals surface area contributed by atoms with Crippen LogP contribution in [0.5, 0.6) is 0 Å². The number of furan rings is 1. The monoisotopic (exact) mass is 363 g/mol. The number of amides is 1. The maximum Gasteiger partial charge on any atom is 0.291 e. The summed E-state index contributed by atoms with van der Waals surface area (Å²) in [6, 6.07) is 6.47. The Hall–Kier alpha value is -2.32. The van der Waals surface area contributed by atoms with Gasteiger partial charge >= 0.3 is 0 Å². The van der Waals surface area contributed by atoms with E-state index in [2.05, 4.69) is 5.32 Å². The van der Waals surface area contributed by atoms with Crippen molar-refractivity contribution in [3.63, 3.8) is 0 Å². The summed E-state index contributed by atoms with van der Waals surface area (Å²) in [6.07, 6.45) is 1.69. The van der Waals surface area contributed by atoms with Crippen LogP contribution in [0.2, 0.25) is 0 Å². The van der Waals surface area contributed by atoms with E-state index in [4.69, 9.17) is 10.2 Å². The lowest BCUT2D eigenvalue weighted by atomic mass is 10.2. The van der Waals surface area contributed by atoms with E-state index >= 15 is 0 Å². The molecular formula is C17H21N3O4S. The Morgan fingerprint density at radius 2 is 1.88 bits per heavy atom. The Morgan fingerprint density at radius 3 is 2.56 bits per heavy atom. The number of sulfonamides is 1. The zero-order valence-electron chi connectivity index (χ0n) is 14.2. The fourth-order valence-electron chi connectivity index (χ4n) is 2.86. The molecule has 0 bridgehead atoms. The van der Waals surface area contributed by atoms with Gasteiger partial charge in [-0.1, -0.05) is 6.07 Å². The van der Waals surface area contributed by atoms with Gasteiger partial charge < -0.3 is 15.5 Å². The van der Waals surface area contributed by atoms with Crippen LogP contribution in [0.1, 0.15) is 34.7 Å². The molecule has 0 saturated carbocycles. The van der Waals surface area contributed by atoms with Crippen LogP contribution in [0, 0.1) is 13.8 Å². The van der Waals surface area contributed by atoms with Crippen LogP contribution in [0.15, 0.2) is 33.6 Å². The topological polar surface area (TPSA) is 106 Å². The standard InChI is InChI=1S/C17H21N3O4S/c1-11-5-6-13(18)9-14(11)19-17(21)15-10-16(12(2)24-15)25(22,23)20-7-3-4-8-20/h5-6,9-10H,3-4,7-8,18H2,1-2H3,(H,19,21). The molecule has 0 atom stereocenters. The molecule has 2 heterocycles. The number of carbonyl (C=O) groups is 1. The molecule has 0 aliphatic carbocycles. The van der Waals surface area contributed by atoms with Crippen LogP contribution in [-0.2, 0) is 10.0 Å². The summed E-state index contributed by atoms with van der Waals surface area (Å²) in [6.45, 7) is 4.38. The fraction of sp³-hybridized carbons (Fsp3) is 0.353. The SMILES string of the molecule is Cc1ccc(N)cc1NC(=O)c1cc(S(=O)(=O)N2CCCC2)c(C)o1. The number of aryl methyl sites for hydroxylation is 2. The number of hydrogen-bond acceptors (Lipinski definition) is 5. The molecule has 1 aromatic carbocycles. The van der Waals surface area contributed by atoms with Crippen molar-refractivity contribution in [2.45, 2.75) is 31.6 Å². The van der Waals surface area contributed by atoms with Crippen LogP contribution in [0.4, 0.5) is 11.4 Å². The van der Waals surface area contributed by atoms with Gasteiger partial charge in [0.15, 0.2) is 5.76 Å². The molecule has 0 spiro atoms. The van der Waals surface area contributed by atoms with Crippen molar-refractivity contribution < 1.29 is 17.6 Å². The van der Waals surface area contributed by atoms with E-state index in [1.807, 2.05) is 6.92 Å². The van der Waals surface area contributed by atoms with Gasteiger partial charge in [0.05, 0.1) is 0 Å². The van der Waals surface area contributed by atoms with Gasteiger partial charge in [0, 0.05) is 30.5 Å². The van der Waals surface area contributed by atoms with Crippen molar-refractivity contribution in [3.05, 3.63) is 41.3 Å². The van der Waals surface area contributed by atoms with E-state index in [0.717, 1.165) is 18.4 Å². The summed E-state index contributed by atoms with van der Waals surface area (Å²) in [5.41, 5.74) is 7.66. The average Bonchev–Trinajstić information content (AvgIpc) is 3.20. The summed E-state index contributed by atoms with van der Waals surface area (Å²) in [4.78, 5) is 12.5. The minimum absolute atomic E-state index is 0.0444. The number of carbonyl (C=O) groups excluding carboxylic acids is 1. The highest BCUT2D eigenvalue weighted by molar-refractivity contribution is 7.89. The van der Waals surface area contributed by atoms with Gasteiger partial charge in [0.25, 0.3) is 5.91 Å². The Bertz CT molecular complexity index is 912. The van der Waals surface area contributed by atoms with Crippen LogP contribution in [0.25, 0.3) is 0 Å². The summed E-state index contributed by atoms with van der Waals surface area (Å²) >= 11 is 0. The van der Waals surface area contributed by atoms with E-state index in [0.29, 0.717) is 24.5 Å². The van der Waals surface area contributed by atoms with Gasteiger partial charge in [-0.25, -0.2) is 8.42 Å². The second-order valence-electron chi connectivity index (χ2n) is 6.17. The van der Waals surface area contributed by atoms with Crippen molar-refractivity contribution in [1.29, 1.82) is 0 Å². The van der Waals surface area contributed by atoms with Gasteiger partial charge in [0.2, 0.25) is 10.0 Å². The molecule has 2 aromatic rings. The molecule has 8 heteroatoms. The lowest BCUT2D eigenvalue weighted by Crippen LogP contribution is -2.28. The van der Waals surface area contributed by atoms with E-state index in [1.54, 1.807) is 25.1 Å². The first-order valence-corrected chi connectivity index (χ1v) is 9.51. The molecular weight excluding hydrogens is 342 g/mol. The maximum absolute atomic E-state index is 12.7. The second kappa shape index (κ2) is 6.53. The van der Waals surface area contributed by atoms with Gasteiger partial charge in [-0.15, -0.1) is 0 Å². The molecule has 134 valence electrons. The number of nitrogens with one attached hydrogen (secondary N) is 1. The molecule has 7 nitrogen and oxygen atoms in total. The van der Waals surface area contributed by atoms with E-state index < -0.39 is 15.9 Å². The summed E-state index contributed by atoms with van der Waals surface area (Å²) in [5.74, 6) is -0.349. The Labute approximate surface area is 146 Å². The molecule has 1 aliphatic rings. The third kappa shape index (κ3) is 3.40. The molecule has 1 aliphatic heterocycles. The van der Waals surface area contributed by atoms with Gasteiger partial charge in [-0.05, 0) is 44.4 Å². The number of nitrogen functional groups attached to an aromatic ring is 1. The number of anilines is 2. The zero-order chi connectivity index (χ0) is 18.2. The molecule has 0 radical (unpaired) electrons. The third-order valence-electron chi connectivity index (χ3n) is 4.29. The van der Waals surface area contributed by atoms with Crippen LogP contribution < -0.4 is 11.1 Å². The lowest BCUT2D eigenvalue weighted by molar-refractivity contribution is 0.0995. The number of hydrogen-bond donors (Lipinski definition) is 2. The van der Waals surface area contributed by atoms with Crippen molar-refractivity contribution in [3.8, 4) is 0 Å². The number of nitrogens with two attached hydrogens (primary N) is 1. The quantitative estimate of drug-likeness (QED) is 0.812. The predicted molar refractivity (Wildman–Crippen MR) is 95.0 cm³/mol. The molecule has 3 N–H and O–H groups in total. The minimum Gasteiger partial charge on any atom is -0.455 e. The zero-order valence-corrected chi connectivity index (χ0v) is 15.0. The molecule has 1 aromatic heterocycles. The van der Waals surface area contributed by atoms with Crippen LogP contribution in [-0.4, -0.2) is 31.7 Å². The van der Waals surface area contributed by atoms with Crippen molar-refractivity contribution >= 4 is 27.3 Å².